The molecule has 1 aromatic carbocycles. The zero-order chi connectivity index (χ0) is 15.2. The van der Waals surface area contributed by atoms with Crippen molar-refractivity contribution in [3.63, 3.8) is 0 Å². The summed E-state index contributed by atoms with van der Waals surface area (Å²) in [6, 6.07) is 5.60. The molecule has 1 atom stereocenters. The minimum Gasteiger partial charge on any atom is -0.478 e. The summed E-state index contributed by atoms with van der Waals surface area (Å²) < 4.78 is 0. The lowest BCUT2D eigenvalue weighted by Crippen LogP contribution is -2.13. The maximum atomic E-state index is 11.6. The van der Waals surface area contributed by atoms with Crippen LogP contribution in [0.25, 0.3) is 0 Å². The van der Waals surface area contributed by atoms with Crippen molar-refractivity contribution >= 4 is 34.8 Å². The number of carboxylic acids is 1. The van der Waals surface area contributed by atoms with Gasteiger partial charge < -0.3 is 10.4 Å². The summed E-state index contributed by atoms with van der Waals surface area (Å²) >= 11 is 3.12. The highest BCUT2D eigenvalue weighted by molar-refractivity contribution is 7.99. The lowest BCUT2D eigenvalue weighted by Gasteiger charge is -2.19. The van der Waals surface area contributed by atoms with Crippen LogP contribution < -0.4 is 5.32 Å². The zero-order valence-corrected chi connectivity index (χ0v) is 13.6. The molecular weight excluding hydrogens is 304 g/mol. The van der Waals surface area contributed by atoms with Crippen molar-refractivity contribution in [3.05, 3.63) is 40.3 Å². The number of aromatic carboxylic acids is 1. The van der Waals surface area contributed by atoms with E-state index in [0.717, 1.165) is 22.1 Å². The highest BCUT2D eigenvalue weighted by atomic mass is 32.2. The zero-order valence-electron chi connectivity index (χ0n) is 12.0. The van der Waals surface area contributed by atoms with Crippen molar-refractivity contribution in [1.82, 2.24) is 4.98 Å². The summed E-state index contributed by atoms with van der Waals surface area (Å²) in [5.74, 6) is -0.0593. The summed E-state index contributed by atoms with van der Waals surface area (Å²) in [7, 11) is 0. The SMILES string of the molecule is CCSc1cccc(NC(CC)c2nccs2)c1C(=O)O. The van der Waals surface area contributed by atoms with E-state index in [2.05, 4.69) is 17.2 Å². The van der Waals surface area contributed by atoms with E-state index in [9.17, 15) is 9.90 Å². The minimum absolute atomic E-state index is 0.0324. The molecule has 0 aliphatic rings. The third-order valence-electron chi connectivity index (χ3n) is 3.03. The van der Waals surface area contributed by atoms with Crippen LogP contribution in [0.5, 0.6) is 0 Å². The van der Waals surface area contributed by atoms with Gasteiger partial charge in [0.2, 0.25) is 0 Å². The number of thioether (sulfide) groups is 1. The van der Waals surface area contributed by atoms with Crippen molar-refractivity contribution in [2.24, 2.45) is 0 Å². The summed E-state index contributed by atoms with van der Waals surface area (Å²) in [4.78, 5) is 16.7. The van der Waals surface area contributed by atoms with Crippen LogP contribution in [-0.2, 0) is 0 Å². The van der Waals surface area contributed by atoms with Crippen molar-refractivity contribution < 1.29 is 9.90 Å². The average Bonchev–Trinajstić information content (AvgIpc) is 2.99. The summed E-state index contributed by atoms with van der Waals surface area (Å²) in [6.07, 6.45) is 2.61. The lowest BCUT2D eigenvalue weighted by molar-refractivity contribution is 0.0694. The molecule has 112 valence electrons. The quantitative estimate of drug-likeness (QED) is 0.734. The number of carbonyl (C=O) groups is 1. The van der Waals surface area contributed by atoms with E-state index in [0.29, 0.717) is 11.3 Å². The number of benzene rings is 1. The number of anilines is 1. The van der Waals surface area contributed by atoms with Crippen LogP contribution in [0.15, 0.2) is 34.7 Å². The topological polar surface area (TPSA) is 62.2 Å². The monoisotopic (exact) mass is 322 g/mol. The van der Waals surface area contributed by atoms with Crippen LogP contribution in [-0.4, -0.2) is 21.8 Å². The van der Waals surface area contributed by atoms with Gasteiger partial charge in [0.05, 0.1) is 17.3 Å². The standard InChI is InChI=1S/C15H18N2O2S2/c1-3-10(14-16-8-9-21-14)17-11-6-5-7-12(20-4-2)13(11)15(18)19/h5-10,17H,3-4H2,1-2H3,(H,18,19). The van der Waals surface area contributed by atoms with Crippen LogP contribution in [0.4, 0.5) is 5.69 Å². The molecule has 2 aromatic rings. The second kappa shape index (κ2) is 7.47. The highest BCUT2D eigenvalue weighted by Crippen LogP contribution is 2.32. The number of hydrogen-bond donors (Lipinski definition) is 2. The Labute approximate surface area is 132 Å². The Hall–Kier alpha value is -1.53. The molecule has 0 bridgehead atoms. The first-order valence-electron chi connectivity index (χ1n) is 6.82. The molecule has 1 unspecified atom stereocenters. The molecular formula is C15H18N2O2S2. The second-order valence-electron chi connectivity index (χ2n) is 4.39. The third kappa shape index (κ3) is 3.77. The molecule has 1 aromatic heterocycles. The normalized spacial score (nSPS) is 12.1. The number of hydrogen-bond acceptors (Lipinski definition) is 5. The second-order valence-corrected chi connectivity index (χ2v) is 6.62. The van der Waals surface area contributed by atoms with Crippen LogP contribution in [0.2, 0.25) is 0 Å². The average molecular weight is 322 g/mol. The van der Waals surface area contributed by atoms with Gasteiger partial charge in [-0.2, -0.15) is 0 Å². The van der Waals surface area contributed by atoms with Crippen LogP contribution >= 0.6 is 23.1 Å². The van der Waals surface area contributed by atoms with Gasteiger partial charge in [-0.3, -0.25) is 0 Å². The van der Waals surface area contributed by atoms with Crippen LogP contribution in [0.3, 0.4) is 0 Å². The molecule has 0 saturated carbocycles. The molecule has 2 N–H and O–H groups in total. The van der Waals surface area contributed by atoms with Crippen molar-refractivity contribution in [3.8, 4) is 0 Å². The van der Waals surface area contributed by atoms with Crippen LogP contribution in [0, 0.1) is 0 Å². The first kappa shape index (κ1) is 15.9. The third-order valence-corrected chi connectivity index (χ3v) is 4.86. The van der Waals surface area contributed by atoms with Gasteiger partial charge in [-0.15, -0.1) is 23.1 Å². The number of carboxylic acid groups (broad SMARTS) is 1. The predicted octanol–water partition coefficient (Wildman–Crippen LogP) is 4.52. The maximum absolute atomic E-state index is 11.6. The molecule has 0 fully saturated rings. The van der Waals surface area contributed by atoms with Crippen molar-refractivity contribution in [2.45, 2.75) is 31.2 Å². The van der Waals surface area contributed by atoms with Crippen LogP contribution in [0.1, 0.15) is 41.7 Å². The van der Waals surface area contributed by atoms with Crippen molar-refractivity contribution in [2.75, 3.05) is 11.1 Å². The smallest absolute Gasteiger partial charge is 0.338 e. The Bertz CT molecular complexity index is 600. The van der Waals surface area contributed by atoms with E-state index >= 15 is 0 Å². The summed E-state index contributed by atoms with van der Waals surface area (Å²) in [5.41, 5.74) is 1.00. The Morgan fingerprint density at radius 3 is 2.86 bits per heavy atom. The van der Waals surface area contributed by atoms with Gasteiger partial charge in [-0.05, 0) is 24.3 Å². The fraction of sp³-hybridized carbons (Fsp3) is 0.333. The Morgan fingerprint density at radius 2 is 2.29 bits per heavy atom. The van der Waals surface area contributed by atoms with Gasteiger partial charge in [0.25, 0.3) is 0 Å². The first-order chi connectivity index (χ1) is 10.2. The molecule has 4 nitrogen and oxygen atoms in total. The van der Waals surface area contributed by atoms with Gasteiger partial charge in [-0.1, -0.05) is 19.9 Å². The molecule has 6 heteroatoms. The number of nitrogens with zero attached hydrogens (tertiary/aromatic N) is 1. The molecule has 0 aliphatic heterocycles. The molecule has 1 heterocycles. The van der Waals surface area contributed by atoms with E-state index in [1.165, 1.54) is 0 Å². The number of rotatable bonds is 7. The maximum Gasteiger partial charge on any atom is 0.338 e. The summed E-state index contributed by atoms with van der Waals surface area (Å²) in [5, 5.41) is 15.8. The van der Waals surface area contributed by atoms with Gasteiger partial charge >= 0.3 is 5.97 Å². The molecule has 0 amide bonds. The lowest BCUT2D eigenvalue weighted by atomic mass is 10.1. The van der Waals surface area contributed by atoms with Gasteiger partial charge in [0, 0.05) is 16.5 Å². The fourth-order valence-corrected chi connectivity index (χ4v) is 3.68. The number of nitrogens with one attached hydrogen (secondary N) is 1. The van der Waals surface area contributed by atoms with E-state index in [1.807, 2.05) is 30.5 Å². The minimum atomic E-state index is -0.900. The first-order valence-corrected chi connectivity index (χ1v) is 8.68. The number of aromatic nitrogens is 1. The molecule has 2 rings (SSSR count). The molecule has 0 aliphatic carbocycles. The summed E-state index contributed by atoms with van der Waals surface area (Å²) in [6.45, 7) is 4.07. The van der Waals surface area contributed by atoms with E-state index in [4.69, 9.17) is 0 Å². The van der Waals surface area contributed by atoms with Gasteiger partial charge in [0.15, 0.2) is 0 Å². The number of thiazole rings is 1. The van der Waals surface area contributed by atoms with E-state index in [-0.39, 0.29) is 6.04 Å². The van der Waals surface area contributed by atoms with Gasteiger partial charge in [0.1, 0.15) is 5.01 Å². The molecule has 21 heavy (non-hydrogen) atoms. The van der Waals surface area contributed by atoms with E-state index in [1.54, 1.807) is 29.3 Å². The Morgan fingerprint density at radius 1 is 1.48 bits per heavy atom. The molecule has 0 radical (unpaired) electrons. The predicted molar refractivity (Wildman–Crippen MR) is 88.6 cm³/mol. The fourth-order valence-electron chi connectivity index (χ4n) is 2.08. The molecule has 0 spiro atoms. The Balaban J connectivity index is 2.34. The largest absolute Gasteiger partial charge is 0.478 e. The van der Waals surface area contributed by atoms with Gasteiger partial charge in [-0.25, -0.2) is 9.78 Å². The van der Waals surface area contributed by atoms with Crippen molar-refractivity contribution in [1.29, 1.82) is 0 Å². The Kier molecular flexibility index (Phi) is 5.64. The molecule has 0 saturated heterocycles. The highest BCUT2D eigenvalue weighted by Gasteiger charge is 2.19. The van der Waals surface area contributed by atoms with E-state index < -0.39 is 5.97 Å².